The molecule has 0 aliphatic heterocycles. The molecule has 1 amide bonds. The van der Waals surface area contributed by atoms with Crippen LogP contribution in [0.3, 0.4) is 0 Å². The molecule has 0 saturated heterocycles. The maximum atomic E-state index is 13.0. The van der Waals surface area contributed by atoms with Gasteiger partial charge in [0, 0.05) is 26.0 Å². The quantitative estimate of drug-likeness (QED) is 0.876. The topological polar surface area (TPSA) is 54.3 Å². The fraction of sp³-hybridized carbons (Fsp3) is 0.267. The summed E-state index contributed by atoms with van der Waals surface area (Å²) in [7, 11) is 1.90. The van der Waals surface area contributed by atoms with Crippen LogP contribution < -0.4 is 5.32 Å². The molecule has 1 aromatic carbocycles. The molecule has 20 heavy (non-hydrogen) atoms. The van der Waals surface area contributed by atoms with Crippen molar-refractivity contribution >= 4 is 5.91 Å². The molecule has 0 spiro atoms. The van der Waals surface area contributed by atoms with Crippen molar-refractivity contribution in [3.8, 4) is 0 Å². The molecule has 106 valence electrons. The molecular weight excluding hydrogens is 259 g/mol. The van der Waals surface area contributed by atoms with Crippen molar-refractivity contribution in [2.75, 3.05) is 0 Å². The molecule has 5 heteroatoms. The van der Waals surface area contributed by atoms with Crippen LogP contribution in [0, 0.1) is 5.82 Å². The zero-order valence-electron chi connectivity index (χ0n) is 11.2. The summed E-state index contributed by atoms with van der Waals surface area (Å²) in [6.07, 6.45) is 2.71. The molecule has 0 saturated carbocycles. The summed E-state index contributed by atoms with van der Waals surface area (Å²) in [6.45, 7) is 0.412. The Labute approximate surface area is 116 Å². The van der Waals surface area contributed by atoms with Gasteiger partial charge < -0.3 is 15.0 Å². The number of benzene rings is 1. The predicted molar refractivity (Wildman–Crippen MR) is 73.2 cm³/mol. The average Bonchev–Trinajstić information content (AvgIpc) is 2.82. The molecule has 2 N–H and O–H groups in total. The van der Waals surface area contributed by atoms with Gasteiger partial charge in [0.1, 0.15) is 5.82 Å². The first-order valence-corrected chi connectivity index (χ1v) is 6.35. The number of amides is 1. The second-order valence-electron chi connectivity index (χ2n) is 4.74. The minimum atomic E-state index is -0.999. The summed E-state index contributed by atoms with van der Waals surface area (Å²) in [4.78, 5) is 11.7. The minimum Gasteiger partial charge on any atom is -0.388 e. The molecular formula is C15H17FN2O2. The normalized spacial score (nSPS) is 12.2. The van der Waals surface area contributed by atoms with Crippen molar-refractivity contribution in [1.82, 2.24) is 9.88 Å². The van der Waals surface area contributed by atoms with Gasteiger partial charge in [-0.15, -0.1) is 0 Å². The number of carbonyl (C=O) groups excluding carboxylic acids is 1. The highest BCUT2D eigenvalue weighted by Crippen LogP contribution is 2.17. The summed E-state index contributed by atoms with van der Waals surface area (Å²) >= 11 is 0. The maximum absolute atomic E-state index is 13.0. The first kappa shape index (κ1) is 14.3. The highest BCUT2D eigenvalue weighted by atomic mass is 19.1. The molecule has 0 fully saturated rings. The number of nitrogens with one attached hydrogen (secondary N) is 1. The third-order valence-corrected chi connectivity index (χ3v) is 3.00. The van der Waals surface area contributed by atoms with Gasteiger partial charge in [0.25, 0.3) is 0 Å². The van der Waals surface area contributed by atoms with Gasteiger partial charge >= 0.3 is 0 Å². The van der Waals surface area contributed by atoms with E-state index in [9.17, 15) is 14.3 Å². The van der Waals surface area contributed by atoms with Gasteiger partial charge in [-0.1, -0.05) is 12.1 Å². The van der Waals surface area contributed by atoms with E-state index in [0.29, 0.717) is 12.1 Å². The van der Waals surface area contributed by atoms with Gasteiger partial charge in [0.2, 0.25) is 5.91 Å². The third-order valence-electron chi connectivity index (χ3n) is 3.00. The second-order valence-corrected chi connectivity index (χ2v) is 4.74. The van der Waals surface area contributed by atoms with Crippen LogP contribution in [0.15, 0.2) is 42.7 Å². The minimum absolute atomic E-state index is 0.0870. The van der Waals surface area contributed by atoms with Crippen molar-refractivity contribution < 1.29 is 14.3 Å². The predicted octanol–water partition coefficient (Wildman–Crippen LogP) is 1.90. The molecule has 0 radical (unpaired) electrons. The molecule has 1 aromatic heterocycles. The summed E-state index contributed by atoms with van der Waals surface area (Å²) in [6, 6.07) is 7.54. The monoisotopic (exact) mass is 276 g/mol. The molecule has 1 heterocycles. The molecule has 1 unspecified atom stereocenters. The van der Waals surface area contributed by atoms with Crippen LogP contribution in [0.2, 0.25) is 0 Å². The summed E-state index contributed by atoms with van der Waals surface area (Å²) in [5.41, 5.74) is 1.39. The van der Waals surface area contributed by atoms with Crippen LogP contribution in [0.5, 0.6) is 0 Å². The lowest BCUT2D eigenvalue weighted by molar-refractivity contribution is -0.123. The van der Waals surface area contributed by atoms with E-state index < -0.39 is 11.9 Å². The molecule has 0 aliphatic rings. The van der Waals surface area contributed by atoms with Crippen LogP contribution in [0.25, 0.3) is 0 Å². The Bertz CT molecular complexity index is 595. The lowest BCUT2D eigenvalue weighted by Crippen LogP contribution is -2.24. The number of aryl methyl sites for hydroxylation is 1. The van der Waals surface area contributed by atoms with E-state index in [4.69, 9.17) is 0 Å². The fourth-order valence-corrected chi connectivity index (χ4v) is 1.95. The standard InChI is InChI=1S/C15H17FN2O2/c1-18-6-5-11(10-18)9-17-15(20)8-14(19)12-3-2-4-13(16)7-12/h2-7,10,14,19H,8-9H2,1H3,(H,17,20). The number of halogens is 1. The van der Waals surface area contributed by atoms with E-state index in [1.165, 1.54) is 18.2 Å². The van der Waals surface area contributed by atoms with Crippen LogP contribution in [-0.4, -0.2) is 15.6 Å². The Morgan fingerprint density at radius 3 is 2.90 bits per heavy atom. The number of aliphatic hydroxyl groups excluding tert-OH is 1. The Balaban J connectivity index is 1.85. The summed E-state index contributed by atoms with van der Waals surface area (Å²) < 4.78 is 14.9. The Kier molecular flexibility index (Phi) is 4.53. The van der Waals surface area contributed by atoms with Crippen LogP contribution >= 0.6 is 0 Å². The summed E-state index contributed by atoms with van der Waals surface area (Å²) in [5.74, 6) is -0.697. The van der Waals surface area contributed by atoms with Crippen molar-refractivity contribution in [2.24, 2.45) is 7.05 Å². The Morgan fingerprint density at radius 2 is 2.25 bits per heavy atom. The fourth-order valence-electron chi connectivity index (χ4n) is 1.95. The summed E-state index contributed by atoms with van der Waals surface area (Å²) in [5, 5.41) is 12.6. The van der Waals surface area contributed by atoms with Gasteiger partial charge in [-0.2, -0.15) is 0 Å². The average molecular weight is 276 g/mol. The number of aliphatic hydroxyl groups is 1. The van der Waals surface area contributed by atoms with Crippen molar-refractivity contribution in [1.29, 1.82) is 0 Å². The van der Waals surface area contributed by atoms with Crippen LogP contribution in [0.1, 0.15) is 23.7 Å². The number of aromatic nitrogens is 1. The Hall–Kier alpha value is -2.14. The van der Waals surface area contributed by atoms with Gasteiger partial charge in [-0.25, -0.2) is 4.39 Å². The largest absolute Gasteiger partial charge is 0.388 e. The molecule has 1 atom stereocenters. The maximum Gasteiger partial charge on any atom is 0.223 e. The van der Waals surface area contributed by atoms with Crippen molar-refractivity contribution in [2.45, 2.75) is 19.1 Å². The van der Waals surface area contributed by atoms with Gasteiger partial charge in [0.15, 0.2) is 0 Å². The van der Waals surface area contributed by atoms with Crippen molar-refractivity contribution in [3.05, 3.63) is 59.7 Å². The van der Waals surface area contributed by atoms with E-state index >= 15 is 0 Å². The number of nitrogens with zero attached hydrogens (tertiary/aromatic N) is 1. The van der Waals surface area contributed by atoms with Gasteiger partial charge in [0.05, 0.1) is 12.5 Å². The number of hydrogen-bond donors (Lipinski definition) is 2. The lowest BCUT2D eigenvalue weighted by Gasteiger charge is -2.11. The van der Waals surface area contributed by atoms with Crippen LogP contribution in [-0.2, 0) is 18.4 Å². The van der Waals surface area contributed by atoms with E-state index in [2.05, 4.69) is 5.32 Å². The molecule has 0 bridgehead atoms. The first-order chi connectivity index (χ1) is 9.54. The smallest absolute Gasteiger partial charge is 0.223 e. The second kappa shape index (κ2) is 6.34. The van der Waals surface area contributed by atoms with E-state index in [1.54, 1.807) is 6.07 Å². The number of rotatable bonds is 5. The zero-order valence-corrected chi connectivity index (χ0v) is 11.2. The highest BCUT2D eigenvalue weighted by Gasteiger charge is 2.13. The van der Waals surface area contributed by atoms with Crippen molar-refractivity contribution in [3.63, 3.8) is 0 Å². The van der Waals surface area contributed by atoms with E-state index in [-0.39, 0.29) is 12.3 Å². The molecule has 0 aliphatic carbocycles. The van der Waals surface area contributed by atoms with Gasteiger partial charge in [-0.3, -0.25) is 4.79 Å². The van der Waals surface area contributed by atoms with E-state index in [0.717, 1.165) is 5.56 Å². The van der Waals surface area contributed by atoms with Crippen LogP contribution in [0.4, 0.5) is 4.39 Å². The Morgan fingerprint density at radius 1 is 1.45 bits per heavy atom. The highest BCUT2D eigenvalue weighted by molar-refractivity contribution is 5.76. The number of hydrogen-bond acceptors (Lipinski definition) is 2. The number of carbonyl (C=O) groups is 1. The zero-order chi connectivity index (χ0) is 14.5. The van der Waals surface area contributed by atoms with Gasteiger partial charge in [-0.05, 0) is 29.3 Å². The molecule has 4 nitrogen and oxygen atoms in total. The first-order valence-electron chi connectivity index (χ1n) is 6.35. The lowest BCUT2D eigenvalue weighted by atomic mass is 10.1. The molecule has 2 aromatic rings. The third kappa shape index (κ3) is 3.93. The molecule has 2 rings (SSSR count). The SMILES string of the molecule is Cn1ccc(CNC(=O)CC(O)c2cccc(F)c2)c1. The van der Waals surface area contributed by atoms with E-state index in [1.807, 2.05) is 30.1 Å².